The molecule has 31 heavy (non-hydrogen) atoms. The highest BCUT2D eigenvalue weighted by molar-refractivity contribution is 5.80. The first-order valence-corrected chi connectivity index (χ1v) is 9.96. The van der Waals surface area contributed by atoms with Crippen molar-refractivity contribution in [2.75, 3.05) is 39.3 Å². The summed E-state index contributed by atoms with van der Waals surface area (Å²) < 4.78 is 37.5. The number of carbonyl (C=O) groups excluding carboxylic acids is 2. The maximum atomic E-state index is 12.3. The van der Waals surface area contributed by atoms with Crippen molar-refractivity contribution in [2.45, 2.75) is 39.9 Å². The topological polar surface area (TPSA) is 94.3 Å². The van der Waals surface area contributed by atoms with Crippen LogP contribution in [0.1, 0.15) is 31.8 Å². The number of hydrogen-bond donors (Lipinski definition) is 1. The number of hydrogen-bond acceptors (Lipinski definition) is 5. The van der Waals surface area contributed by atoms with E-state index in [0.717, 1.165) is 44.2 Å². The molecule has 1 unspecified atom stereocenters. The lowest BCUT2D eigenvalue weighted by atomic mass is 9.86. The van der Waals surface area contributed by atoms with Gasteiger partial charge >= 0.3 is 12.1 Å². The lowest BCUT2D eigenvalue weighted by Gasteiger charge is -2.33. The maximum Gasteiger partial charge on any atom is 0.490 e. The highest BCUT2D eigenvalue weighted by Gasteiger charge is 2.46. The fourth-order valence-electron chi connectivity index (χ4n) is 4.03. The van der Waals surface area contributed by atoms with Gasteiger partial charge in [0.2, 0.25) is 11.8 Å². The van der Waals surface area contributed by atoms with Crippen LogP contribution in [0.25, 0.3) is 0 Å². The smallest absolute Gasteiger partial charge is 0.475 e. The summed E-state index contributed by atoms with van der Waals surface area (Å²) in [6, 6.07) is 3.98. The number of amides is 2. The molecule has 2 aliphatic rings. The molecule has 2 aliphatic heterocycles. The van der Waals surface area contributed by atoms with Crippen molar-refractivity contribution in [1.82, 2.24) is 14.7 Å². The molecule has 1 N–H and O–H groups in total. The Kier molecular flexibility index (Phi) is 7.74. The summed E-state index contributed by atoms with van der Waals surface area (Å²) in [6.07, 6.45) is -4.56. The number of aliphatic carboxylic acids is 1. The van der Waals surface area contributed by atoms with Gasteiger partial charge in [0.1, 0.15) is 11.5 Å². The molecule has 174 valence electrons. The highest BCUT2D eigenvalue weighted by Crippen LogP contribution is 2.35. The number of carbonyl (C=O) groups is 3. The summed E-state index contributed by atoms with van der Waals surface area (Å²) in [5, 5.41) is 7.12. The van der Waals surface area contributed by atoms with E-state index < -0.39 is 12.1 Å². The fraction of sp³-hybridized carbons (Fsp3) is 0.650. The van der Waals surface area contributed by atoms with Crippen LogP contribution in [0.2, 0.25) is 0 Å². The fourth-order valence-corrected chi connectivity index (χ4v) is 4.03. The van der Waals surface area contributed by atoms with Gasteiger partial charge in [-0.3, -0.25) is 14.5 Å². The van der Waals surface area contributed by atoms with Crippen molar-refractivity contribution in [1.29, 1.82) is 0 Å². The molecular formula is C20H28F3N3O5. The van der Waals surface area contributed by atoms with E-state index in [4.69, 9.17) is 14.3 Å². The van der Waals surface area contributed by atoms with Crippen LogP contribution in [-0.2, 0) is 20.9 Å². The first-order chi connectivity index (χ1) is 14.3. The molecule has 3 heterocycles. The SMILES string of the molecule is CCN1CC2(CC1=O)CN(Cc1ccc(C)o1)CCN(C(C)=O)C2.O=C(O)C(F)(F)F. The van der Waals surface area contributed by atoms with Gasteiger partial charge in [0.25, 0.3) is 0 Å². The monoisotopic (exact) mass is 447 g/mol. The summed E-state index contributed by atoms with van der Waals surface area (Å²) in [4.78, 5) is 39.3. The minimum atomic E-state index is -5.08. The number of furan rings is 1. The van der Waals surface area contributed by atoms with E-state index >= 15 is 0 Å². The normalized spacial score (nSPS) is 22.3. The lowest BCUT2D eigenvalue weighted by molar-refractivity contribution is -0.192. The van der Waals surface area contributed by atoms with Gasteiger partial charge in [0.15, 0.2) is 0 Å². The van der Waals surface area contributed by atoms with Gasteiger partial charge in [-0.1, -0.05) is 0 Å². The molecule has 1 aromatic heterocycles. The van der Waals surface area contributed by atoms with Crippen molar-refractivity contribution >= 4 is 17.8 Å². The molecule has 0 radical (unpaired) electrons. The van der Waals surface area contributed by atoms with Crippen LogP contribution in [0.15, 0.2) is 16.5 Å². The molecule has 8 nitrogen and oxygen atoms in total. The number of nitrogens with zero attached hydrogens (tertiary/aromatic N) is 3. The Labute approximate surface area is 178 Å². The number of halogens is 3. The Bertz CT molecular complexity index is 810. The molecule has 2 fully saturated rings. The lowest BCUT2D eigenvalue weighted by Crippen LogP contribution is -2.43. The van der Waals surface area contributed by atoms with E-state index in [1.54, 1.807) is 6.92 Å². The second-order valence-electron chi connectivity index (χ2n) is 8.05. The molecule has 0 aliphatic carbocycles. The van der Waals surface area contributed by atoms with Gasteiger partial charge in [-0.05, 0) is 26.0 Å². The average molecular weight is 447 g/mol. The number of alkyl halides is 3. The summed E-state index contributed by atoms with van der Waals surface area (Å²) >= 11 is 0. The molecule has 0 saturated carbocycles. The summed E-state index contributed by atoms with van der Waals surface area (Å²) in [5.41, 5.74) is -0.170. The largest absolute Gasteiger partial charge is 0.490 e. The zero-order chi connectivity index (χ0) is 23.4. The van der Waals surface area contributed by atoms with Gasteiger partial charge in [-0.15, -0.1) is 0 Å². The molecule has 1 aromatic rings. The molecule has 0 aromatic carbocycles. The number of carboxylic acid groups (broad SMARTS) is 1. The molecule has 3 rings (SSSR count). The number of rotatable bonds is 3. The van der Waals surface area contributed by atoms with E-state index in [-0.39, 0.29) is 17.2 Å². The van der Waals surface area contributed by atoms with Crippen LogP contribution in [-0.4, -0.2) is 83.0 Å². The number of carboxylic acids is 1. The molecule has 1 spiro atoms. The van der Waals surface area contributed by atoms with Crippen molar-refractivity contribution < 1.29 is 37.1 Å². The Morgan fingerprint density at radius 2 is 1.84 bits per heavy atom. The molecule has 2 saturated heterocycles. The second kappa shape index (κ2) is 9.71. The summed E-state index contributed by atoms with van der Waals surface area (Å²) in [5.74, 6) is -0.611. The average Bonchev–Trinajstić information content (AvgIpc) is 3.14. The van der Waals surface area contributed by atoms with Gasteiger partial charge in [0.05, 0.1) is 6.54 Å². The van der Waals surface area contributed by atoms with E-state index in [2.05, 4.69) is 4.90 Å². The molecular weight excluding hydrogens is 419 g/mol. The predicted molar refractivity (Wildman–Crippen MR) is 104 cm³/mol. The van der Waals surface area contributed by atoms with E-state index in [1.165, 1.54) is 0 Å². The zero-order valence-corrected chi connectivity index (χ0v) is 17.9. The minimum absolute atomic E-state index is 0.0902. The van der Waals surface area contributed by atoms with E-state index in [0.29, 0.717) is 19.5 Å². The van der Waals surface area contributed by atoms with Crippen LogP contribution in [0, 0.1) is 12.3 Å². The molecule has 0 bridgehead atoms. The minimum Gasteiger partial charge on any atom is -0.475 e. The first-order valence-electron chi connectivity index (χ1n) is 9.96. The second-order valence-corrected chi connectivity index (χ2v) is 8.05. The standard InChI is InChI=1S/C18H27N3O3.C2HF3O2/c1-4-20-12-18(9-17(20)23)11-19(7-8-21(13-18)15(3)22)10-16-6-5-14(2)24-16;3-2(4,5)1(6)7/h5-6H,4,7-13H2,1-3H3;(H,6,7). The summed E-state index contributed by atoms with van der Waals surface area (Å²) in [7, 11) is 0. The molecule has 11 heteroatoms. The Morgan fingerprint density at radius 3 is 2.29 bits per heavy atom. The van der Waals surface area contributed by atoms with Crippen LogP contribution >= 0.6 is 0 Å². The zero-order valence-electron chi connectivity index (χ0n) is 17.9. The maximum absolute atomic E-state index is 12.3. The van der Waals surface area contributed by atoms with Gasteiger partial charge in [-0.25, -0.2) is 4.79 Å². The van der Waals surface area contributed by atoms with E-state index in [1.807, 2.05) is 35.8 Å². The van der Waals surface area contributed by atoms with Gasteiger partial charge in [0, 0.05) is 58.0 Å². The van der Waals surface area contributed by atoms with Crippen LogP contribution in [0.3, 0.4) is 0 Å². The van der Waals surface area contributed by atoms with Crippen molar-refractivity contribution in [3.63, 3.8) is 0 Å². The third-order valence-corrected chi connectivity index (χ3v) is 5.42. The van der Waals surface area contributed by atoms with Crippen LogP contribution < -0.4 is 0 Å². The highest BCUT2D eigenvalue weighted by atomic mass is 19.4. The Hall–Kier alpha value is -2.56. The van der Waals surface area contributed by atoms with Crippen LogP contribution in [0.4, 0.5) is 13.2 Å². The van der Waals surface area contributed by atoms with Gasteiger partial charge < -0.3 is 19.3 Å². The third kappa shape index (κ3) is 6.71. The molecule has 1 atom stereocenters. The predicted octanol–water partition coefficient (Wildman–Crippen LogP) is 2.12. The third-order valence-electron chi connectivity index (χ3n) is 5.42. The van der Waals surface area contributed by atoms with Crippen molar-refractivity contribution in [3.05, 3.63) is 23.7 Å². The quantitative estimate of drug-likeness (QED) is 0.763. The van der Waals surface area contributed by atoms with Gasteiger partial charge in [-0.2, -0.15) is 13.2 Å². The summed E-state index contributed by atoms with van der Waals surface area (Å²) in [6.45, 7) is 10.8. The van der Waals surface area contributed by atoms with Crippen molar-refractivity contribution in [3.8, 4) is 0 Å². The first kappa shape index (κ1) is 24.7. The number of aryl methyl sites for hydroxylation is 1. The van der Waals surface area contributed by atoms with Crippen LogP contribution in [0.5, 0.6) is 0 Å². The Balaban J connectivity index is 0.000000423. The van der Waals surface area contributed by atoms with E-state index in [9.17, 15) is 22.8 Å². The number of likely N-dealkylation sites (tertiary alicyclic amines) is 1. The van der Waals surface area contributed by atoms with Crippen molar-refractivity contribution in [2.24, 2.45) is 5.41 Å². The Morgan fingerprint density at radius 1 is 1.19 bits per heavy atom. The molecule has 2 amide bonds.